The molecule has 0 aliphatic rings. The van der Waals surface area contributed by atoms with Crippen molar-refractivity contribution in [3.8, 4) is 0 Å². The normalized spacial score (nSPS) is 11.6. The Morgan fingerprint density at radius 1 is 0.921 bits per heavy atom. The van der Waals surface area contributed by atoms with E-state index >= 15 is 0 Å². The molecule has 12 nitrogen and oxygen atoms in total. The summed E-state index contributed by atoms with van der Waals surface area (Å²) in [7, 11) is 7.87. The molecule has 0 atom stereocenters. The standard InChI is InChI=1S/C19H26N4OS.C6H8O7/c1-20(2)9-10-23(14-16-6-5-11-25-16)13-15-7-8-17-18(12-15)22(4)19(24)21(17)3;7-3(8)1-6(13,5(11)12)2-4(9)10/h5-8,11-12H,9-10,13-14H2,1-4H3;13H,1-2H2,(H,7,8)(H,9,10)(H,11,12). The number of nitrogens with zero attached hydrogens (tertiary/aromatic N) is 4. The van der Waals surface area contributed by atoms with Crippen molar-refractivity contribution >= 4 is 40.3 Å². The third-order valence-electron chi connectivity index (χ3n) is 5.85. The van der Waals surface area contributed by atoms with Gasteiger partial charge in [0.15, 0.2) is 5.60 Å². The second kappa shape index (κ2) is 13.3. The number of aliphatic hydroxyl groups is 1. The number of hydrogen-bond acceptors (Lipinski definition) is 8. The molecule has 13 heteroatoms. The summed E-state index contributed by atoms with van der Waals surface area (Å²) in [5, 5.41) is 35.9. The maximum absolute atomic E-state index is 12.1. The molecule has 0 saturated carbocycles. The Bertz CT molecular complexity index is 1300. The molecule has 0 aliphatic heterocycles. The molecule has 2 heterocycles. The van der Waals surface area contributed by atoms with Crippen molar-refractivity contribution in [2.75, 3.05) is 27.2 Å². The van der Waals surface area contributed by atoms with Crippen molar-refractivity contribution in [1.29, 1.82) is 0 Å². The molecule has 1 aromatic carbocycles. The van der Waals surface area contributed by atoms with Gasteiger partial charge in [-0.3, -0.25) is 23.6 Å². The summed E-state index contributed by atoms with van der Waals surface area (Å²) in [5.74, 6) is -5.02. The van der Waals surface area contributed by atoms with Gasteiger partial charge in [-0.2, -0.15) is 0 Å². The Morgan fingerprint density at radius 3 is 2.03 bits per heavy atom. The van der Waals surface area contributed by atoms with Crippen LogP contribution in [0.4, 0.5) is 0 Å². The first-order valence-electron chi connectivity index (χ1n) is 11.7. The van der Waals surface area contributed by atoms with E-state index in [1.54, 1.807) is 20.5 Å². The predicted molar refractivity (Wildman–Crippen MR) is 142 cm³/mol. The fourth-order valence-electron chi connectivity index (χ4n) is 3.80. The first-order valence-corrected chi connectivity index (χ1v) is 12.5. The van der Waals surface area contributed by atoms with E-state index in [0.717, 1.165) is 37.2 Å². The molecule has 0 unspecified atom stereocenters. The number of aliphatic carboxylic acids is 3. The summed E-state index contributed by atoms with van der Waals surface area (Å²) in [6.07, 6.45) is -2.29. The first kappa shape index (κ1) is 30.7. The number of fused-ring (bicyclic) bond motifs is 1. The lowest BCUT2D eigenvalue weighted by atomic mass is 9.96. The highest BCUT2D eigenvalue weighted by Crippen LogP contribution is 2.18. The van der Waals surface area contributed by atoms with Gasteiger partial charge < -0.3 is 25.3 Å². The number of aromatic nitrogens is 2. The number of benzene rings is 1. The molecule has 38 heavy (non-hydrogen) atoms. The number of carbonyl (C=O) groups is 3. The van der Waals surface area contributed by atoms with Gasteiger partial charge in [-0.1, -0.05) is 12.1 Å². The van der Waals surface area contributed by atoms with E-state index in [2.05, 4.69) is 59.6 Å². The molecule has 208 valence electrons. The third kappa shape index (κ3) is 8.52. The summed E-state index contributed by atoms with van der Waals surface area (Å²) in [6.45, 7) is 3.87. The smallest absolute Gasteiger partial charge is 0.336 e. The van der Waals surface area contributed by atoms with Gasteiger partial charge in [0.2, 0.25) is 0 Å². The van der Waals surface area contributed by atoms with Crippen LogP contribution < -0.4 is 5.69 Å². The van der Waals surface area contributed by atoms with Gasteiger partial charge in [-0.25, -0.2) is 9.59 Å². The van der Waals surface area contributed by atoms with Gasteiger partial charge in [0.25, 0.3) is 0 Å². The summed E-state index contributed by atoms with van der Waals surface area (Å²) < 4.78 is 3.43. The number of imidazole rings is 1. The summed E-state index contributed by atoms with van der Waals surface area (Å²) in [5.41, 5.74) is 0.500. The number of likely N-dealkylation sites (N-methyl/N-ethyl adjacent to an activating group) is 1. The van der Waals surface area contributed by atoms with E-state index in [1.165, 1.54) is 10.4 Å². The van der Waals surface area contributed by atoms with Crippen LogP contribution in [-0.4, -0.2) is 90.1 Å². The molecule has 0 bridgehead atoms. The highest BCUT2D eigenvalue weighted by molar-refractivity contribution is 7.09. The zero-order chi connectivity index (χ0) is 28.6. The molecule has 0 spiro atoms. The molecular weight excluding hydrogens is 516 g/mol. The van der Waals surface area contributed by atoms with E-state index in [9.17, 15) is 19.2 Å². The number of carboxylic acid groups (broad SMARTS) is 3. The molecule has 0 fully saturated rings. The first-order chi connectivity index (χ1) is 17.7. The van der Waals surface area contributed by atoms with Crippen LogP contribution in [0.3, 0.4) is 0 Å². The van der Waals surface area contributed by atoms with Gasteiger partial charge in [0.1, 0.15) is 0 Å². The van der Waals surface area contributed by atoms with Crippen LogP contribution in [0, 0.1) is 0 Å². The Labute approximate surface area is 223 Å². The van der Waals surface area contributed by atoms with Crippen LogP contribution in [0.5, 0.6) is 0 Å². The van der Waals surface area contributed by atoms with E-state index in [-0.39, 0.29) is 5.69 Å². The monoisotopic (exact) mass is 550 g/mol. The van der Waals surface area contributed by atoms with Gasteiger partial charge >= 0.3 is 23.6 Å². The van der Waals surface area contributed by atoms with Gasteiger partial charge in [-0.15, -0.1) is 11.3 Å². The maximum Gasteiger partial charge on any atom is 0.336 e. The van der Waals surface area contributed by atoms with E-state index in [0.29, 0.717) is 0 Å². The van der Waals surface area contributed by atoms with Crippen LogP contribution in [0.15, 0.2) is 40.5 Å². The van der Waals surface area contributed by atoms with Crippen LogP contribution in [0.1, 0.15) is 23.3 Å². The molecule has 3 rings (SSSR count). The molecule has 0 saturated heterocycles. The second-order valence-corrected chi connectivity index (χ2v) is 10.3. The fourth-order valence-corrected chi connectivity index (χ4v) is 4.55. The number of carboxylic acids is 3. The van der Waals surface area contributed by atoms with E-state index in [1.807, 2.05) is 14.1 Å². The highest BCUT2D eigenvalue weighted by atomic mass is 32.1. The molecular formula is C25H34N4O8S. The van der Waals surface area contributed by atoms with Crippen LogP contribution in [0.2, 0.25) is 0 Å². The lowest BCUT2D eigenvalue weighted by Crippen LogP contribution is -2.42. The summed E-state index contributed by atoms with van der Waals surface area (Å²) >= 11 is 1.80. The van der Waals surface area contributed by atoms with Gasteiger partial charge in [0.05, 0.1) is 23.9 Å². The summed E-state index contributed by atoms with van der Waals surface area (Å²) in [4.78, 5) is 48.7. The molecule has 0 aliphatic carbocycles. The number of hydrogen-bond donors (Lipinski definition) is 4. The Kier molecular flexibility index (Phi) is 10.8. The van der Waals surface area contributed by atoms with Gasteiger partial charge in [0, 0.05) is 45.2 Å². The quantitative estimate of drug-likeness (QED) is 0.258. The fraction of sp³-hybridized carbons (Fsp3) is 0.440. The average Bonchev–Trinajstić information content (AvgIpc) is 3.40. The van der Waals surface area contributed by atoms with Crippen LogP contribution >= 0.6 is 11.3 Å². The lowest BCUT2D eigenvalue weighted by Gasteiger charge is -2.23. The molecule has 4 N–H and O–H groups in total. The molecule has 3 aromatic rings. The average molecular weight is 551 g/mol. The summed E-state index contributed by atoms with van der Waals surface area (Å²) in [6, 6.07) is 10.6. The van der Waals surface area contributed by atoms with Gasteiger partial charge in [-0.05, 0) is 43.2 Å². The molecule has 2 aromatic heterocycles. The predicted octanol–water partition coefficient (Wildman–Crippen LogP) is 1.25. The SMILES string of the molecule is CN(C)CCN(Cc1ccc2c(c1)n(C)c(=O)n2C)Cc1cccs1.O=C(O)CC(O)(CC(=O)O)C(=O)O. The van der Waals surface area contributed by atoms with Crippen molar-refractivity contribution in [2.24, 2.45) is 14.1 Å². The van der Waals surface area contributed by atoms with E-state index < -0.39 is 36.4 Å². The number of rotatable bonds is 12. The van der Waals surface area contributed by atoms with Crippen molar-refractivity contribution in [3.63, 3.8) is 0 Å². The Hall–Kier alpha value is -3.52. The van der Waals surface area contributed by atoms with Crippen molar-refractivity contribution in [2.45, 2.75) is 31.5 Å². The van der Waals surface area contributed by atoms with Crippen LogP contribution in [-0.2, 0) is 41.6 Å². The van der Waals surface area contributed by atoms with Crippen molar-refractivity contribution < 1.29 is 34.8 Å². The minimum atomic E-state index is -2.74. The molecule has 0 radical (unpaired) electrons. The number of aryl methyl sites for hydroxylation is 2. The Balaban J connectivity index is 0.000000332. The zero-order valence-corrected chi connectivity index (χ0v) is 22.6. The van der Waals surface area contributed by atoms with Crippen molar-refractivity contribution in [1.82, 2.24) is 18.9 Å². The largest absolute Gasteiger partial charge is 0.481 e. The maximum atomic E-state index is 12.1. The minimum absolute atomic E-state index is 0.0233. The topological polar surface area (TPSA) is 166 Å². The van der Waals surface area contributed by atoms with Crippen LogP contribution in [0.25, 0.3) is 11.0 Å². The number of thiophene rings is 1. The third-order valence-corrected chi connectivity index (χ3v) is 6.71. The Morgan fingerprint density at radius 2 is 1.53 bits per heavy atom. The lowest BCUT2D eigenvalue weighted by molar-refractivity contribution is -0.170. The second-order valence-electron chi connectivity index (χ2n) is 9.29. The van der Waals surface area contributed by atoms with Crippen molar-refractivity contribution in [3.05, 3.63) is 56.6 Å². The minimum Gasteiger partial charge on any atom is -0.481 e. The highest BCUT2D eigenvalue weighted by Gasteiger charge is 2.40. The zero-order valence-electron chi connectivity index (χ0n) is 21.8. The molecule has 0 amide bonds. The van der Waals surface area contributed by atoms with E-state index in [4.69, 9.17) is 20.4 Å².